The molecule has 2 aliphatic rings. The second-order valence-corrected chi connectivity index (χ2v) is 9.54. The van der Waals surface area contributed by atoms with E-state index in [0.29, 0.717) is 5.69 Å². The highest BCUT2D eigenvalue weighted by molar-refractivity contribution is 7.91. The zero-order chi connectivity index (χ0) is 20.6. The summed E-state index contributed by atoms with van der Waals surface area (Å²) in [6.07, 6.45) is 3.60. The van der Waals surface area contributed by atoms with Gasteiger partial charge >= 0.3 is 0 Å². The Labute approximate surface area is 167 Å². The van der Waals surface area contributed by atoms with Gasteiger partial charge in [0.25, 0.3) is 11.6 Å². The first-order chi connectivity index (χ1) is 13.8. The van der Waals surface area contributed by atoms with E-state index in [1.54, 1.807) is 12.1 Å². The highest BCUT2D eigenvalue weighted by atomic mass is 32.2. The molecule has 2 saturated heterocycles. The molecule has 2 fully saturated rings. The lowest BCUT2D eigenvalue weighted by Crippen LogP contribution is -2.50. The smallest absolute Gasteiger partial charge is 0.272 e. The Morgan fingerprint density at radius 2 is 1.97 bits per heavy atom. The van der Waals surface area contributed by atoms with E-state index in [0.717, 1.165) is 25.9 Å². The van der Waals surface area contributed by atoms with Gasteiger partial charge in [-0.1, -0.05) is 6.07 Å². The highest BCUT2D eigenvalue weighted by Crippen LogP contribution is 2.23. The van der Waals surface area contributed by atoms with E-state index in [-0.39, 0.29) is 28.9 Å². The summed E-state index contributed by atoms with van der Waals surface area (Å²) in [5.41, 5.74) is 0.506. The van der Waals surface area contributed by atoms with Gasteiger partial charge in [-0.2, -0.15) is 5.10 Å². The van der Waals surface area contributed by atoms with Crippen molar-refractivity contribution >= 4 is 21.4 Å². The van der Waals surface area contributed by atoms with Crippen LogP contribution in [0.4, 0.5) is 5.69 Å². The monoisotopic (exact) mass is 419 g/mol. The molecule has 2 atom stereocenters. The summed E-state index contributed by atoms with van der Waals surface area (Å²) in [5, 5.41) is 18.0. The first kappa shape index (κ1) is 19.5. The van der Waals surface area contributed by atoms with Crippen LogP contribution in [0.2, 0.25) is 0 Å². The van der Waals surface area contributed by atoms with E-state index < -0.39 is 26.7 Å². The van der Waals surface area contributed by atoms with Gasteiger partial charge in [-0.15, -0.1) is 0 Å². The zero-order valence-electron chi connectivity index (χ0n) is 15.6. The van der Waals surface area contributed by atoms with E-state index in [1.165, 1.54) is 29.1 Å². The van der Waals surface area contributed by atoms with Crippen LogP contribution in [0.15, 0.2) is 36.5 Å². The molecule has 0 radical (unpaired) electrons. The number of amides is 1. The van der Waals surface area contributed by atoms with E-state index in [9.17, 15) is 23.3 Å². The Kier molecular flexibility index (Phi) is 5.09. The lowest BCUT2D eigenvalue weighted by atomic mass is 10.1. The molecule has 0 spiro atoms. The number of nitro groups is 1. The molecule has 11 heteroatoms. The lowest BCUT2D eigenvalue weighted by Gasteiger charge is -2.28. The molecular formula is C18H21N5O5S. The first-order valence-electron chi connectivity index (χ1n) is 9.38. The van der Waals surface area contributed by atoms with Crippen molar-refractivity contribution in [3.05, 3.63) is 52.3 Å². The minimum absolute atomic E-state index is 0.0556. The number of carbonyl (C=O) groups is 1. The normalized spacial score (nSPS) is 23.9. The van der Waals surface area contributed by atoms with Crippen LogP contribution < -0.4 is 5.32 Å². The SMILES string of the molecule is O=C(NC1CS(=O)(=O)CC1N1CCCC1)c1ccn(-c2cccc([N+](=O)[O-])c2)n1. The number of benzene rings is 1. The third-order valence-electron chi connectivity index (χ3n) is 5.38. The number of likely N-dealkylation sites (tertiary alicyclic amines) is 1. The van der Waals surface area contributed by atoms with Crippen molar-refractivity contribution < 1.29 is 18.1 Å². The van der Waals surface area contributed by atoms with Crippen molar-refractivity contribution in [3.63, 3.8) is 0 Å². The predicted octanol–water partition coefficient (Wildman–Crippen LogP) is 0.772. The van der Waals surface area contributed by atoms with Gasteiger partial charge in [-0.3, -0.25) is 19.8 Å². The Hall–Kier alpha value is -2.79. The molecule has 2 aliphatic heterocycles. The highest BCUT2D eigenvalue weighted by Gasteiger charge is 2.42. The summed E-state index contributed by atoms with van der Waals surface area (Å²) in [6, 6.07) is 6.73. The molecule has 0 saturated carbocycles. The van der Waals surface area contributed by atoms with E-state index in [2.05, 4.69) is 15.3 Å². The molecule has 0 bridgehead atoms. The van der Waals surface area contributed by atoms with Gasteiger partial charge in [0.2, 0.25) is 0 Å². The van der Waals surface area contributed by atoms with Crippen molar-refractivity contribution in [1.29, 1.82) is 0 Å². The molecule has 4 rings (SSSR count). The van der Waals surface area contributed by atoms with Gasteiger partial charge < -0.3 is 5.32 Å². The van der Waals surface area contributed by atoms with Crippen LogP contribution in [0.5, 0.6) is 0 Å². The van der Waals surface area contributed by atoms with Gasteiger partial charge in [0.1, 0.15) is 0 Å². The van der Waals surface area contributed by atoms with Crippen LogP contribution in [0, 0.1) is 10.1 Å². The summed E-state index contributed by atoms with van der Waals surface area (Å²) in [5.74, 6) is -0.480. The number of hydrogen-bond donors (Lipinski definition) is 1. The van der Waals surface area contributed by atoms with Crippen molar-refractivity contribution in [2.45, 2.75) is 24.9 Å². The Morgan fingerprint density at radius 1 is 1.21 bits per heavy atom. The maximum Gasteiger partial charge on any atom is 0.272 e. The van der Waals surface area contributed by atoms with Gasteiger partial charge in [0, 0.05) is 24.4 Å². The quantitative estimate of drug-likeness (QED) is 0.560. The number of aromatic nitrogens is 2. The van der Waals surface area contributed by atoms with Crippen molar-refractivity contribution in [2.24, 2.45) is 0 Å². The number of nitrogens with zero attached hydrogens (tertiary/aromatic N) is 4. The molecule has 0 aliphatic carbocycles. The van der Waals surface area contributed by atoms with Gasteiger partial charge in [0.05, 0.1) is 28.2 Å². The second-order valence-electron chi connectivity index (χ2n) is 7.39. The Morgan fingerprint density at radius 3 is 2.69 bits per heavy atom. The molecular weight excluding hydrogens is 398 g/mol. The number of non-ortho nitro benzene ring substituents is 1. The standard InChI is InChI=1S/C18H21N5O5S/c24-18(19-16-11-29(27,28)12-17(16)21-7-1-2-8-21)15-6-9-22(20-15)13-4-3-5-14(10-13)23(25)26/h3-6,9-10,16-17H,1-2,7-8,11-12H2,(H,19,24). The first-order valence-corrected chi connectivity index (χ1v) is 11.2. The second kappa shape index (κ2) is 7.56. The van der Waals surface area contributed by atoms with Crippen molar-refractivity contribution in [1.82, 2.24) is 20.0 Å². The fourth-order valence-corrected chi connectivity index (χ4v) is 5.93. The third-order valence-corrected chi connectivity index (χ3v) is 7.09. The average Bonchev–Trinajstić information content (AvgIpc) is 3.41. The molecule has 29 heavy (non-hydrogen) atoms. The summed E-state index contributed by atoms with van der Waals surface area (Å²) in [6.45, 7) is 1.68. The number of rotatable bonds is 5. The number of carbonyl (C=O) groups excluding carboxylic acids is 1. The zero-order valence-corrected chi connectivity index (χ0v) is 16.4. The number of sulfone groups is 1. The average molecular weight is 419 g/mol. The molecule has 3 heterocycles. The lowest BCUT2D eigenvalue weighted by molar-refractivity contribution is -0.384. The third kappa shape index (κ3) is 4.15. The van der Waals surface area contributed by atoms with Crippen molar-refractivity contribution in [3.8, 4) is 5.69 Å². The molecule has 2 unspecified atom stereocenters. The molecule has 1 aromatic carbocycles. The number of nitrogens with one attached hydrogen (secondary N) is 1. The summed E-state index contributed by atoms with van der Waals surface area (Å²) in [7, 11) is -3.21. The van der Waals surface area contributed by atoms with Crippen LogP contribution in [0.25, 0.3) is 5.69 Å². The minimum Gasteiger partial charge on any atom is -0.345 e. The summed E-state index contributed by atoms with van der Waals surface area (Å²) in [4.78, 5) is 25.3. The van der Waals surface area contributed by atoms with Crippen LogP contribution in [0.3, 0.4) is 0 Å². The van der Waals surface area contributed by atoms with Gasteiger partial charge in [-0.25, -0.2) is 13.1 Å². The van der Waals surface area contributed by atoms with Crippen LogP contribution >= 0.6 is 0 Å². The van der Waals surface area contributed by atoms with E-state index in [1.807, 2.05) is 0 Å². The predicted molar refractivity (Wildman–Crippen MR) is 105 cm³/mol. The molecule has 1 aromatic heterocycles. The largest absolute Gasteiger partial charge is 0.345 e. The molecule has 1 amide bonds. The minimum atomic E-state index is -3.21. The molecule has 2 aromatic rings. The number of hydrogen-bond acceptors (Lipinski definition) is 7. The fourth-order valence-electron chi connectivity index (χ4n) is 3.98. The van der Waals surface area contributed by atoms with Gasteiger partial charge in [0.15, 0.2) is 15.5 Å². The molecule has 154 valence electrons. The summed E-state index contributed by atoms with van der Waals surface area (Å²) >= 11 is 0. The van der Waals surface area contributed by atoms with Gasteiger partial charge in [-0.05, 0) is 38.1 Å². The Bertz CT molecular complexity index is 1040. The van der Waals surface area contributed by atoms with E-state index >= 15 is 0 Å². The fraction of sp³-hybridized carbons (Fsp3) is 0.444. The molecule has 10 nitrogen and oxygen atoms in total. The van der Waals surface area contributed by atoms with Crippen LogP contribution in [-0.4, -0.2) is 70.6 Å². The maximum atomic E-state index is 12.7. The number of nitro benzene ring substituents is 1. The maximum absolute atomic E-state index is 12.7. The van der Waals surface area contributed by atoms with Crippen molar-refractivity contribution in [2.75, 3.05) is 24.6 Å². The van der Waals surface area contributed by atoms with E-state index in [4.69, 9.17) is 0 Å². The topological polar surface area (TPSA) is 127 Å². The van der Waals surface area contributed by atoms with Crippen LogP contribution in [-0.2, 0) is 9.84 Å². The molecule has 1 N–H and O–H groups in total. The van der Waals surface area contributed by atoms with Crippen LogP contribution in [0.1, 0.15) is 23.3 Å². The Balaban J connectivity index is 1.50. The summed E-state index contributed by atoms with van der Waals surface area (Å²) < 4.78 is 25.7.